The zero-order chi connectivity index (χ0) is 12.4. The lowest BCUT2D eigenvalue weighted by Gasteiger charge is -2.35. The van der Waals surface area contributed by atoms with Crippen molar-refractivity contribution in [2.45, 2.75) is 0 Å². The van der Waals surface area contributed by atoms with Crippen LogP contribution in [0.2, 0.25) is 10.0 Å². The Morgan fingerprint density at radius 2 is 1.82 bits per heavy atom. The lowest BCUT2D eigenvalue weighted by molar-refractivity contribution is 0.142. The van der Waals surface area contributed by atoms with E-state index in [4.69, 9.17) is 28.3 Å². The maximum Gasteiger partial charge on any atom is 0.407 e. The molecule has 0 spiro atoms. The van der Waals surface area contributed by atoms with Crippen LogP contribution in [-0.4, -0.2) is 42.3 Å². The van der Waals surface area contributed by atoms with E-state index in [-0.39, 0.29) is 0 Å². The smallest absolute Gasteiger partial charge is 0.407 e. The zero-order valence-corrected chi connectivity index (χ0v) is 10.6. The Morgan fingerprint density at radius 1 is 1.18 bits per heavy atom. The molecule has 0 unspecified atom stereocenters. The van der Waals surface area contributed by atoms with Crippen molar-refractivity contribution in [2.75, 3.05) is 31.1 Å². The normalized spacial score (nSPS) is 16.1. The molecule has 17 heavy (non-hydrogen) atoms. The van der Waals surface area contributed by atoms with Gasteiger partial charge in [0.25, 0.3) is 0 Å². The summed E-state index contributed by atoms with van der Waals surface area (Å²) < 4.78 is 0. The van der Waals surface area contributed by atoms with Gasteiger partial charge in [0.05, 0.1) is 10.7 Å². The number of anilines is 1. The molecule has 1 heterocycles. The Morgan fingerprint density at radius 3 is 2.35 bits per heavy atom. The molecule has 4 nitrogen and oxygen atoms in total. The Bertz CT molecular complexity index is 431. The lowest BCUT2D eigenvalue weighted by Crippen LogP contribution is -2.48. The summed E-state index contributed by atoms with van der Waals surface area (Å²) in [6.45, 7) is 2.28. The van der Waals surface area contributed by atoms with Crippen molar-refractivity contribution < 1.29 is 9.90 Å². The number of amides is 1. The third-order valence-corrected chi connectivity index (χ3v) is 3.34. The van der Waals surface area contributed by atoms with Crippen LogP contribution in [0.15, 0.2) is 18.2 Å². The fourth-order valence-corrected chi connectivity index (χ4v) is 2.40. The predicted octanol–water partition coefficient (Wildman–Crippen LogP) is 2.79. The Hall–Kier alpha value is -1.13. The molecule has 1 amide bonds. The quantitative estimate of drug-likeness (QED) is 0.857. The second kappa shape index (κ2) is 5.02. The predicted molar refractivity (Wildman–Crippen MR) is 68.3 cm³/mol. The summed E-state index contributed by atoms with van der Waals surface area (Å²) in [6, 6.07) is 5.34. The van der Waals surface area contributed by atoms with E-state index in [1.54, 1.807) is 12.1 Å². The summed E-state index contributed by atoms with van der Waals surface area (Å²) in [5, 5.41) is 10.0. The summed E-state index contributed by atoms with van der Waals surface area (Å²) in [7, 11) is 0. The number of nitrogens with zero attached hydrogens (tertiary/aromatic N) is 2. The molecule has 1 N–H and O–H groups in total. The van der Waals surface area contributed by atoms with E-state index in [0.29, 0.717) is 36.2 Å². The molecule has 1 aromatic rings. The van der Waals surface area contributed by atoms with Crippen molar-refractivity contribution in [1.29, 1.82) is 0 Å². The average Bonchev–Trinajstić information content (AvgIpc) is 2.29. The molecule has 0 bridgehead atoms. The molecular weight excluding hydrogens is 263 g/mol. The van der Waals surface area contributed by atoms with Crippen molar-refractivity contribution >= 4 is 35.0 Å². The standard InChI is InChI=1S/C11H12Cl2N2O2/c12-8-1-2-10(9(13)7-8)14-3-5-15(6-4-14)11(16)17/h1-2,7H,3-6H2,(H,16,17). The molecule has 92 valence electrons. The first-order chi connectivity index (χ1) is 8.08. The maximum absolute atomic E-state index is 10.8. The van der Waals surface area contributed by atoms with Gasteiger partial charge in [-0.15, -0.1) is 0 Å². The van der Waals surface area contributed by atoms with Crippen LogP contribution in [0.25, 0.3) is 0 Å². The number of hydrogen-bond donors (Lipinski definition) is 1. The number of piperazine rings is 1. The second-order valence-electron chi connectivity index (χ2n) is 3.85. The first-order valence-electron chi connectivity index (χ1n) is 5.26. The Labute approximate surface area is 109 Å². The van der Waals surface area contributed by atoms with Crippen molar-refractivity contribution in [1.82, 2.24) is 4.90 Å². The van der Waals surface area contributed by atoms with Gasteiger partial charge in [0.1, 0.15) is 0 Å². The van der Waals surface area contributed by atoms with Gasteiger partial charge in [0.15, 0.2) is 0 Å². The molecule has 1 aliphatic heterocycles. The van der Waals surface area contributed by atoms with Crippen molar-refractivity contribution in [3.05, 3.63) is 28.2 Å². The monoisotopic (exact) mass is 274 g/mol. The summed E-state index contributed by atoms with van der Waals surface area (Å²) in [4.78, 5) is 14.2. The molecule has 1 aromatic carbocycles. The van der Waals surface area contributed by atoms with E-state index >= 15 is 0 Å². The van der Waals surface area contributed by atoms with Gasteiger partial charge >= 0.3 is 6.09 Å². The van der Waals surface area contributed by atoms with E-state index in [9.17, 15) is 4.79 Å². The number of halogens is 2. The molecule has 0 radical (unpaired) electrons. The summed E-state index contributed by atoms with van der Waals surface area (Å²) in [5.74, 6) is 0. The Kier molecular flexibility index (Phi) is 3.64. The van der Waals surface area contributed by atoms with Gasteiger partial charge in [-0.25, -0.2) is 4.79 Å². The van der Waals surface area contributed by atoms with Gasteiger partial charge in [-0.2, -0.15) is 0 Å². The van der Waals surface area contributed by atoms with E-state index in [1.807, 2.05) is 6.07 Å². The van der Waals surface area contributed by atoms with E-state index in [0.717, 1.165) is 5.69 Å². The largest absolute Gasteiger partial charge is 0.465 e. The van der Waals surface area contributed by atoms with Gasteiger partial charge < -0.3 is 14.9 Å². The van der Waals surface area contributed by atoms with Crippen molar-refractivity contribution in [2.24, 2.45) is 0 Å². The second-order valence-corrected chi connectivity index (χ2v) is 4.70. The molecule has 2 rings (SSSR count). The minimum Gasteiger partial charge on any atom is -0.465 e. The van der Waals surface area contributed by atoms with Gasteiger partial charge in [-0.05, 0) is 18.2 Å². The van der Waals surface area contributed by atoms with Crippen LogP contribution in [-0.2, 0) is 0 Å². The van der Waals surface area contributed by atoms with Crippen LogP contribution in [0.5, 0.6) is 0 Å². The third kappa shape index (κ3) is 2.76. The van der Waals surface area contributed by atoms with Gasteiger partial charge in [-0.3, -0.25) is 0 Å². The molecule has 0 aromatic heterocycles. The summed E-state index contributed by atoms with van der Waals surface area (Å²) >= 11 is 11.9. The first-order valence-corrected chi connectivity index (χ1v) is 6.01. The van der Waals surface area contributed by atoms with Crippen LogP contribution < -0.4 is 4.90 Å². The molecule has 6 heteroatoms. The average molecular weight is 275 g/mol. The highest BCUT2D eigenvalue weighted by Gasteiger charge is 2.21. The van der Waals surface area contributed by atoms with Crippen LogP contribution >= 0.6 is 23.2 Å². The summed E-state index contributed by atoms with van der Waals surface area (Å²) in [5.41, 5.74) is 0.904. The highest BCUT2D eigenvalue weighted by Crippen LogP contribution is 2.29. The fraction of sp³-hybridized carbons (Fsp3) is 0.364. The first kappa shape index (κ1) is 12.3. The fourth-order valence-electron chi connectivity index (χ4n) is 1.88. The molecule has 0 saturated carbocycles. The maximum atomic E-state index is 10.8. The zero-order valence-electron chi connectivity index (χ0n) is 9.07. The number of rotatable bonds is 1. The topological polar surface area (TPSA) is 43.8 Å². The third-order valence-electron chi connectivity index (χ3n) is 2.80. The van der Waals surface area contributed by atoms with E-state index in [1.165, 1.54) is 4.90 Å². The minimum absolute atomic E-state index is 0.494. The summed E-state index contributed by atoms with van der Waals surface area (Å²) in [6.07, 6.45) is -0.869. The van der Waals surface area contributed by atoms with Crippen LogP contribution in [0.4, 0.5) is 10.5 Å². The molecule has 0 aliphatic carbocycles. The number of benzene rings is 1. The Balaban J connectivity index is 2.08. The van der Waals surface area contributed by atoms with Crippen LogP contribution in [0, 0.1) is 0 Å². The molecule has 1 aliphatic rings. The number of carbonyl (C=O) groups is 1. The number of carboxylic acid groups (broad SMARTS) is 1. The molecular formula is C11H12Cl2N2O2. The highest BCUT2D eigenvalue weighted by molar-refractivity contribution is 6.36. The number of hydrogen-bond acceptors (Lipinski definition) is 2. The van der Waals surface area contributed by atoms with Crippen LogP contribution in [0.1, 0.15) is 0 Å². The van der Waals surface area contributed by atoms with Crippen molar-refractivity contribution in [3.8, 4) is 0 Å². The van der Waals surface area contributed by atoms with Gasteiger partial charge in [-0.1, -0.05) is 23.2 Å². The highest BCUT2D eigenvalue weighted by atomic mass is 35.5. The van der Waals surface area contributed by atoms with Crippen molar-refractivity contribution in [3.63, 3.8) is 0 Å². The van der Waals surface area contributed by atoms with E-state index < -0.39 is 6.09 Å². The lowest BCUT2D eigenvalue weighted by atomic mass is 10.2. The molecule has 0 atom stereocenters. The molecule has 1 fully saturated rings. The minimum atomic E-state index is -0.869. The van der Waals surface area contributed by atoms with Gasteiger partial charge in [0.2, 0.25) is 0 Å². The van der Waals surface area contributed by atoms with Crippen LogP contribution in [0.3, 0.4) is 0 Å². The van der Waals surface area contributed by atoms with Gasteiger partial charge in [0, 0.05) is 31.2 Å². The SMILES string of the molecule is O=C(O)N1CCN(c2ccc(Cl)cc2Cl)CC1. The molecule has 1 saturated heterocycles. The van der Waals surface area contributed by atoms with E-state index in [2.05, 4.69) is 4.90 Å².